The number of carbonyl (C=O) groups excluding carboxylic acids is 1. The fourth-order valence-electron chi connectivity index (χ4n) is 2.34. The Hall–Kier alpha value is -1.83. The van der Waals surface area contributed by atoms with E-state index in [1.807, 2.05) is 0 Å². The molecule has 1 aliphatic heterocycles. The maximum atomic E-state index is 12.0. The van der Waals surface area contributed by atoms with Gasteiger partial charge in [0, 0.05) is 19.2 Å². The molecule has 1 rings (SSSR count). The van der Waals surface area contributed by atoms with Gasteiger partial charge in [-0.25, -0.2) is 9.59 Å². The molecule has 0 aliphatic carbocycles. The van der Waals surface area contributed by atoms with Crippen molar-refractivity contribution < 1.29 is 29.7 Å². The molecule has 4 N–H and O–H groups in total. The van der Waals surface area contributed by atoms with Gasteiger partial charge in [0.05, 0.1) is 6.42 Å². The molecule has 2 atom stereocenters. The predicted molar refractivity (Wildman–Crippen MR) is 68.3 cm³/mol. The fraction of sp³-hybridized carbons (Fsp3) is 0.750. The van der Waals surface area contributed by atoms with E-state index >= 15 is 0 Å². The molecular formula is C12H20N2O6. The van der Waals surface area contributed by atoms with Gasteiger partial charge >= 0.3 is 18.0 Å². The smallest absolute Gasteiger partial charge is 0.326 e. The van der Waals surface area contributed by atoms with Crippen LogP contribution in [0.3, 0.4) is 0 Å². The molecule has 0 spiro atoms. The molecule has 2 unspecified atom stereocenters. The lowest BCUT2D eigenvalue weighted by atomic mass is 10.1. The number of aliphatic hydroxyl groups is 1. The number of carboxylic acids is 2. The van der Waals surface area contributed by atoms with Crippen LogP contribution in [0.4, 0.5) is 4.79 Å². The molecule has 8 heteroatoms. The monoisotopic (exact) mass is 288 g/mol. The Morgan fingerprint density at radius 3 is 2.55 bits per heavy atom. The number of carbonyl (C=O) groups is 3. The van der Waals surface area contributed by atoms with E-state index in [0.29, 0.717) is 19.4 Å². The molecule has 1 fully saturated rings. The second-order valence-electron chi connectivity index (χ2n) is 4.79. The first-order valence-corrected chi connectivity index (χ1v) is 6.58. The zero-order valence-corrected chi connectivity index (χ0v) is 11.1. The molecule has 20 heavy (non-hydrogen) atoms. The van der Waals surface area contributed by atoms with Gasteiger partial charge in [0.1, 0.15) is 6.04 Å². The van der Waals surface area contributed by atoms with E-state index in [9.17, 15) is 14.4 Å². The van der Waals surface area contributed by atoms with Crippen LogP contribution in [0, 0.1) is 0 Å². The number of nitrogens with zero attached hydrogens (tertiary/aromatic N) is 1. The van der Waals surface area contributed by atoms with Crippen LogP contribution in [0.5, 0.6) is 0 Å². The minimum atomic E-state index is -1.43. The van der Waals surface area contributed by atoms with Gasteiger partial charge in [-0.3, -0.25) is 4.79 Å². The van der Waals surface area contributed by atoms with Crippen LogP contribution in [0.15, 0.2) is 0 Å². The van der Waals surface area contributed by atoms with Crippen molar-refractivity contribution in [1.29, 1.82) is 0 Å². The molecule has 0 aromatic rings. The van der Waals surface area contributed by atoms with E-state index in [1.165, 1.54) is 4.90 Å². The maximum absolute atomic E-state index is 12.0. The van der Waals surface area contributed by atoms with Crippen LogP contribution in [0.2, 0.25) is 0 Å². The normalized spacial score (nSPS) is 19.6. The summed E-state index contributed by atoms with van der Waals surface area (Å²) in [5.41, 5.74) is 0. The average molecular weight is 288 g/mol. The minimum absolute atomic E-state index is 0.0265. The van der Waals surface area contributed by atoms with Gasteiger partial charge in [-0.1, -0.05) is 0 Å². The number of likely N-dealkylation sites (tertiary alicyclic amines) is 1. The summed E-state index contributed by atoms with van der Waals surface area (Å²) in [4.78, 5) is 35.0. The highest BCUT2D eigenvalue weighted by atomic mass is 16.4. The van der Waals surface area contributed by atoms with Crippen LogP contribution in [-0.4, -0.2) is 63.4 Å². The lowest BCUT2D eigenvalue weighted by Gasteiger charge is -2.26. The molecule has 0 saturated carbocycles. The molecular weight excluding hydrogens is 268 g/mol. The summed E-state index contributed by atoms with van der Waals surface area (Å²) < 4.78 is 0. The fourth-order valence-corrected chi connectivity index (χ4v) is 2.34. The van der Waals surface area contributed by atoms with E-state index in [2.05, 4.69) is 5.32 Å². The molecule has 1 aliphatic rings. The number of hydrogen-bond acceptors (Lipinski definition) is 4. The Labute approximate surface area is 116 Å². The van der Waals surface area contributed by atoms with Crippen LogP contribution in [0.25, 0.3) is 0 Å². The molecule has 0 bridgehead atoms. The van der Waals surface area contributed by atoms with Crippen LogP contribution >= 0.6 is 0 Å². The highest BCUT2D eigenvalue weighted by Crippen LogP contribution is 2.21. The van der Waals surface area contributed by atoms with Crippen molar-refractivity contribution in [3.8, 4) is 0 Å². The van der Waals surface area contributed by atoms with Gasteiger partial charge in [-0.2, -0.15) is 0 Å². The van der Waals surface area contributed by atoms with Gasteiger partial charge in [0.15, 0.2) is 0 Å². The number of nitrogens with one attached hydrogen (secondary N) is 1. The average Bonchev–Trinajstić information content (AvgIpc) is 2.83. The second kappa shape index (κ2) is 7.68. The maximum Gasteiger partial charge on any atom is 0.326 e. The second-order valence-corrected chi connectivity index (χ2v) is 4.79. The predicted octanol–water partition coefficient (Wildman–Crippen LogP) is -0.139. The Balaban J connectivity index is 2.58. The van der Waals surface area contributed by atoms with Crippen molar-refractivity contribution in [3.05, 3.63) is 0 Å². The zero-order valence-electron chi connectivity index (χ0n) is 11.1. The van der Waals surface area contributed by atoms with Gasteiger partial charge in [0.25, 0.3) is 0 Å². The Morgan fingerprint density at radius 2 is 2.00 bits per heavy atom. The van der Waals surface area contributed by atoms with E-state index in [-0.39, 0.29) is 12.6 Å². The Bertz CT molecular complexity index is 373. The molecule has 0 radical (unpaired) electrons. The highest BCUT2D eigenvalue weighted by Gasteiger charge is 2.31. The van der Waals surface area contributed by atoms with Crippen LogP contribution in [0.1, 0.15) is 32.1 Å². The van der Waals surface area contributed by atoms with Gasteiger partial charge in [-0.15, -0.1) is 0 Å². The zero-order chi connectivity index (χ0) is 15.1. The molecule has 0 aromatic heterocycles. The molecule has 1 saturated heterocycles. The highest BCUT2D eigenvalue weighted by molar-refractivity contribution is 5.86. The van der Waals surface area contributed by atoms with Gasteiger partial charge < -0.3 is 25.5 Å². The van der Waals surface area contributed by atoms with E-state index < -0.39 is 30.4 Å². The lowest BCUT2D eigenvalue weighted by Crippen LogP contribution is -2.50. The number of urea groups is 1. The van der Waals surface area contributed by atoms with Gasteiger partial charge in [-0.05, 0) is 25.7 Å². The third-order valence-electron chi connectivity index (χ3n) is 3.31. The molecule has 2 amide bonds. The Morgan fingerprint density at radius 1 is 1.30 bits per heavy atom. The SMILES string of the molecule is O=C(O)CC(NC(=O)N1CCCC1CCCO)C(=O)O. The first-order chi connectivity index (χ1) is 9.45. The number of amides is 2. The van der Waals surface area contributed by atoms with Crippen molar-refractivity contribution >= 4 is 18.0 Å². The summed E-state index contributed by atoms with van der Waals surface area (Å²) >= 11 is 0. The van der Waals surface area contributed by atoms with E-state index in [0.717, 1.165) is 12.8 Å². The summed E-state index contributed by atoms with van der Waals surface area (Å²) in [5, 5.41) is 28.6. The number of aliphatic carboxylic acids is 2. The summed E-state index contributed by atoms with van der Waals surface area (Å²) in [6, 6.07) is -2.01. The van der Waals surface area contributed by atoms with Crippen molar-refractivity contribution in [2.45, 2.75) is 44.2 Å². The lowest BCUT2D eigenvalue weighted by molar-refractivity contribution is -0.145. The van der Waals surface area contributed by atoms with Crippen molar-refractivity contribution in [3.63, 3.8) is 0 Å². The summed E-state index contributed by atoms with van der Waals surface area (Å²) in [7, 11) is 0. The van der Waals surface area contributed by atoms with Crippen molar-refractivity contribution in [2.24, 2.45) is 0 Å². The molecule has 0 aromatic carbocycles. The number of aliphatic hydroxyl groups excluding tert-OH is 1. The number of carboxylic acid groups (broad SMARTS) is 2. The van der Waals surface area contributed by atoms with Crippen LogP contribution in [-0.2, 0) is 9.59 Å². The van der Waals surface area contributed by atoms with E-state index in [1.54, 1.807) is 0 Å². The molecule has 8 nitrogen and oxygen atoms in total. The first-order valence-electron chi connectivity index (χ1n) is 6.58. The topological polar surface area (TPSA) is 127 Å². The van der Waals surface area contributed by atoms with Crippen molar-refractivity contribution in [2.75, 3.05) is 13.2 Å². The summed E-state index contributed by atoms with van der Waals surface area (Å²) in [6.07, 6.45) is 2.20. The number of rotatable bonds is 7. The number of hydrogen-bond donors (Lipinski definition) is 4. The minimum Gasteiger partial charge on any atom is -0.481 e. The Kier molecular flexibility index (Phi) is 6.23. The third-order valence-corrected chi connectivity index (χ3v) is 3.31. The van der Waals surface area contributed by atoms with Gasteiger partial charge in [0.2, 0.25) is 0 Å². The molecule has 114 valence electrons. The van der Waals surface area contributed by atoms with Crippen LogP contribution < -0.4 is 5.32 Å². The molecule has 1 heterocycles. The first kappa shape index (κ1) is 16.2. The summed E-state index contributed by atoms with van der Waals surface area (Å²) in [5.74, 6) is -2.65. The van der Waals surface area contributed by atoms with Crippen molar-refractivity contribution in [1.82, 2.24) is 10.2 Å². The van der Waals surface area contributed by atoms with E-state index in [4.69, 9.17) is 15.3 Å². The quantitative estimate of drug-likeness (QED) is 0.516. The largest absolute Gasteiger partial charge is 0.481 e. The third kappa shape index (κ3) is 4.69. The summed E-state index contributed by atoms with van der Waals surface area (Å²) in [6.45, 7) is 0.560. The standard InChI is InChI=1S/C12H20N2O6/c15-6-2-4-8-3-1-5-14(8)12(20)13-9(11(18)19)7-10(16)17/h8-9,15H,1-7H2,(H,13,20)(H,16,17)(H,18,19).